The van der Waals surface area contributed by atoms with Gasteiger partial charge in [0.15, 0.2) is 0 Å². The van der Waals surface area contributed by atoms with Crippen molar-refractivity contribution in [3.8, 4) is 5.75 Å². The Morgan fingerprint density at radius 1 is 1.15 bits per heavy atom. The van der Waals surface area contributed by atoms with Crippen LogP contribution in [0, 0.1) is 0 Å². The molecule has 27 heavy (non-hydrogen) atoms. The van der Waals surface area contributed by atoms with E-state index in [1.54, 1.807) is 25.4 Å². The number of ether oxygens (including phenoxy) is 1. The minimum Gasteiger partial charge on any atom is -0.497 e. The Bertz CT molecular complexity index is 970. The van der Waals surface area contributed by atoms with E-state index in [0.717, 1.165) is 35.2 Å². The van der Waals surface area contributed by atoms with Crippen LogP contribution in [0.2, 0.25) is 0 Å². The summed E-state index contributed by atoms with van der Waals surface area (Å²) in [6.07, 6.45) is -2.23. The minimum atomic E-state index is -4.45. The topological polar surface area (TPSA) is 40.5 Å². The van der Waals surface area contributed by atoms with E-state index in [1.807, 2.05) is 6.07 Å². The maximum atomic E-state index is 12.6. The molecule has 0 aliphatic heterocycles. The number of rotatable bonds is 6. The molecule has 1 aromatic heterocycles. The van der Waals surface area contributed by atoms with Crippen molar-refractivity contribution in [3.63, 3.8) is 0 Å². The number of halogens is 4. The van der Waals surface area contributed by atoms with Crippen LogP contribution in [0.1, 0.15) is 11.1 Å². The monoisotopic (exact) mass is 417 g/mol. The molecule has 2 aromatic carbocycles. The quantitative estimate of drug-likeness (QED) is 0.550. The zero-order chi connectivity index (χ0) is 19.6. The first-order valence-corrected chi connectivity index (χ1v) is 9.46. The fraction of sp³-hybridized carbons (Fsp3) is 0.222. The molecule has 1 heterocycles. The van der Waals surface area contributed by atoms with Gasteiger partial charge in [-0.1, -0.05) is 0 Å². The Morgan fingerprint density at radius 3 is 2.44 bits per heavy atom. The molecule has 0 N–H and O–H groups in total. The summed E-state index contributed by atoms with van der Waals surface area (Å²) in [6.45, 7) is 0. The summed E-state index contributed by atoms with van der Waals surface area (Å²) < 4.78 is 62.4. The molecule has 9 heteroatoms. The highest BCUT2D eigenvalue weighted by Crippen LogP contribution is 2.30. The molecule has 4 nitrogen and oxygen atoms in total. The number of aryl methyl sites for hydroxylation is 1. The Morgan fingerprint density at radius 2 is 1.85 bits per heavy atom. The van der Waals surface area contributed by atoms with E-state index in [0.29, 0.717) is 23.6 Å². The lowest BCUT2D eigenvalue weighted by Gasteiger charge is -2.09. The first-order chi connectivity index (χ1) is 12.8. The van der Waals surface area contributed by atoms with Crippen molar-refractivity contribution in [2.24, 2.45) is 0 Å². The number of fused-ring (bicyclic) bond motifs is 1. The third-order valence-electron chi connectivity index (χ3n) is 3.95. The summed E-state index contributed by atoms with van der Waals surface area (Å²) >= 11 is 3.85. The maximum Gasteiger partial charge on any atom is 0.416 e. The van der Waals surface area contributed by atoms with Gasteiger partial charge in [-0.05, 0) is 54.4 Å². The Labute approximate surface area is 161 Å². The normalized spacial score (nSPS) is 12.9. The highest BCUT2D eigenvalue weighted by Gasteiger charge is 2.30. The van der Waals surface area contributed by atoms with Gasteiger partial charge >= 0.3 is 6.18 Å². The van der Waals surface area contributed by atoms with E-state index in [9.17, 15) is 17.4 Å². The summed E-state index contributed by atoms with van der Waals surface area (Å²) in [6, 6.07) is 9.30. The summed E-state index contributed by atoms with van der Waals surface area (Å²) in [5.41, 5.74) is 0.714. The average molecular weight is 418 g/mol. The van der Waals surface area contributed by atoms with Crippen LogP contribution in [0.3, 0.4) is 0 Å². The predicted octanol–water partition coefficient (Wildman–Crippen LogP) is 4.60. The second kappa shape index (κ2) is 7.82. The van der Waals surface area contributed by atoms with E-state index in [-0.39, 0.29) is 4.90 Å². The molecule has 0 bridgehead atoms. The molecule has 0 spiro atoms. The number of aromatic nitrogens is 1. The van der Waals surface area contributed by atoms with Crippen LogP contribution in [0.25, 0.3) is 10.9 Å². The second-order valence-electron chi connectivity index (χ2n) is 5.63. The third-order valence-corrected chi connectivity index (χ3v) is 5.09. The van der Waals surface area contributed by atoms with Crippen LogP contribution in [0.4, 0.5) is 13.2 Å². The van der Waals surface area contributed by atoms with Gasteiger partial charge < -0.3 is 9.02 Å². The van der Waals surface area contributed by atoms with Crippen molar-refractivity contribution in [1.82, 2.24) is 4.73 Å². The summed E-state index contributed by atoms with van der Waals surface area (Å²) in [5.74, 6) is 1.04. The van der Waals surface area contributed by atoms with Gasteiger partial charge in [0, 0.05) is 17.5 Å². The van der Waals surface area contributed by atoms with Gasteiger partial charge in [-0.2, -0.15) is 17.9 Å². The lowest BCUT2D eigenvalue weighted by Crippen LogP contribution is -2.14. The number of nitrogens with zero attached hydrogens (tertiary/aromatic N) is 1. The van der Waals surface area contributed by atoms with Crippen LogP contribution in [-0.4, -0.2) is 21.9 Å². The van der Waals surface area contributed by atoms with Crippen LogP contribution < -0.4 is 9.02 Å². The van der Waals surface area contributed by atoms with E-state index < -0.39 is 22.8 Å². The van der Waals surface area contributed by atoms with Crippen molar-refractivity contribution in [3.05, 3.63) is 59.8 Å². The largest absolute Gasteiger partial charge is 0.497 e. The molecule has 1 unspecified atom stereocenters. The van der Waals surface area contributed by atoms with Gasteiger partial charge in [0.05, 0.1) is 23.1 Å². The molecule has 0 aliphatic rings. The molecule has 0 radical (unpaired) electrons. The lowest BCUT2D eigenvalue weighted by atomic mass is 10.1. The average Bonchev–Trinajstić information content (AvgIpc) is 2.98. The van der Waals surface area contributed by atoms with Crippen molar-refractivity contribution in [2.75, 3.05) is 13.0 Å². The molecule has 3 aromatic rings. The number of benzene rings is 2. The molecule has 0 saturated carbocycles. The fourth-order valence-corrected chi connectivity index (χ4v) is 3.52. The number of methoxy groups -OCH3 is 1. The number of alkyl halides is 4. The number of hydrogen-bond acceptors (Lipinski definition) is 3. The fourth-order valence-electron chi connectivity index (χ4n) is 2.61. The molecule has 0 fully saturated rings. The molecule has 144 valence electrons. The Kier molecular flexibility index (Phi) is 5.67. The predicted molar refractivity (Wildman–Crippen MR) is 97.3 cm³/mol. The van der Waals surface area contributed by atoms with Gasteiger partial charge in [-0.3, -0.25) is 0 Å². The van der Waals surface area contributed by atoms with Crippen molar-refractivity contribution in [1.29, 1.82) is 0 Å². The zero-order valence-corrected chi connectivity index (χ0v) is 15.7. The van der Waals surface area contributed by atoms with Gasteiger partial charge in [0.25, 0.3) is 11.1 Å². The summed E-state index contributed by atoms with van der Waals surface area (Å²) in [4.78, 5) is 0.122. The van der Waals surface area contributed by atoms with Crippen LogP contribution in [0.15, 0.2) is 53.6 Å². The molecule has 0 amide bonds. The molecule has 0 saturated heterocycles. The molecular formula is C18H15ClF3NO3S. The van der Waals surface area contributed by atoms with Crippen LogP contribution >= 0.6 is 11.6 Å². The van der Waals surface area contributed by atoms with Crippen molar-refractivity contribution < 1.29 is 26.4 Å². The minimum absolute atomic E-state index is 0.122. The lowest BCUT2D eigenvalue weighted by molar-refractivity contribution is -0.137. The van der Waals surface area contributed by atoms with Gasteiger partial charge in [0.2, 0.25) is 0 Å². The van der Waals surface area contributed by atoms with E-state index in [4.69, 9.17) is 20.6 Å². The highest BCUT2D eigenvalue weighted by molar-refractivity contribution is 7.80. The second-order valence-corrected chi connectivity index (χ2v) is 7.10. The summed E-state index contributed by atoms with van der Waals surface area (Å²) in [5, 5.41) is 0.833. The van der Waals surface area contributed by atoms with Crippen molar-refractivity contribution >= 4 is 33.6 Å². The third kappa shape index (κ3) is 4.22. The van der Waals surface area contributed by atoms with Crippen LogP contribution in [-0.2, 0) is 23.7 Å². The van der Waals surface area contributed by atoms with E-state index in [2.05, 4.69) is 0 Å². The first kappa shape index (κ1) is 19.6. The molecular weight excluding hydrogens is 403 g/mol. The molecule has 1 atom stereocenters. The van der Waals surface area contributed by atoms with Gasteiger partial charge in [-0.15, -0.1) is 11.6 Å². The molecule has 0 aliphatic carbocycles. The van der Waals surface area contributed by atoms with Crippen LogP contribution in [0.5, 0.6) is 5.75 Å². The Balaban J connectivity index is 1.90. The first-order valence-electron chi connectivity index (χ1n) is 7.85. The summed E-state index contributed by atoms with van der Waals surface area (Å²) in [7, 11) is 1.55. The Hall–Kier alpha value is -2.19. The van der Waals surface area contributed by atoms with Gasteiger partial charge in [-0.25, -0.2) is 4.21 Å². The zero-order valence-electron chi connectivity index (χ0n) is 14.1. The standard InChI is InChI=1S/C18H15ClF3NO3S/c1-25-14-4-7-17-16(10-14)12(8-9-19)11-23(17)26-27(24)15-5-2-13(3-6-15)18(20,21)22/h2-7,10-11H,8-9H2,1H3. The number of hydrogen-bond donors (Lipinski definition) is 0. The van der Waals surface area contributed by atoms with E-state index in [1.165, 1.54) is 4.73 Å². The van der Waals surface area contributed by atoms with Gasteiger partial charge in [0.1, 0.15) is 5.75 Å². The smallest absolute Gasteiger partial charge is 0.416 e. The SMILES string of the molecule is COc1ccc2c(c1)c(CCCl)cn2OS(=O)c1ccc(C(F)(F)F)cc1. The van der Waals surface area contributed by atoms with Crippen molar-refractivity contribution in [2.45, 2.75) is 17.5 Å². The van der Waals surface area contributed by atoms with E-state index >= 15 is 0 Å². The highest BCUT2D eigenvalue weighted by atomic mass is 35.5. The maximum absolute atomic E-state index is 12.6. The molecule has 3 rings (SSSR count).